The highest BCUT2D eigenvalue weighted by atomic mass is 16.6. The highest BCUT2D eigenvalue weighted by Gasteiger charge is 2.21. The lowest BCUT2D eigenvalue weighted by Crippen LogP contribution is -1.95. The summed E-state index contributed by atoms with van der Waals surface area (Å²) in [6.45, 7) is 2.23. The molecule has 1 rings (SSSR count). The third-order valence-corrected chi connectivity index (χ3v) is 3.77. The summed E-state index contributed by atoms with van der Waals surface area (Å²) in [5.41, 5.74) is -0.968. The lowest BCUT2D eigenvalue weighted by molar-refractivity contribution is -0.422. The van der Waals surface area contributed by atoms with Gasteiger partial charge in [0.1, 0.15) is 0 Å². The van der Waals surface area contributed by atoms with E-state index in [1.165, 1.54) is 57.1 Å². The van der Waals surface area contributed by atoms with Gasteiger partial charge in [0.25, 0.3) is 0 Å². The number of aliphatic carboxylic acids is 1. The highest BCUT2D eigenvalue weighted by molar-refractivity contribution is 5.66. The normalized spacial score (nSPS) is 9.88. The molecule has 0 saturated heterocycles. The molecular formula is C18H28N2O6. The van der Waals surface area contributed by atoms with Crippen LogP contribution in [0.3, 0.4) is 0 Å². The molecule has 0 heterocycles. The maximum absolute atomic E-state index is 10.2. The number of carbonyl (C=O) groups is 1. The van der Waals surface area contributed by atoms with Gasteiger partial charge in [-0.15, -0.1) is 0 Å². The second kappa shape index (κ2) is 14.8. The van der Waals surface area contributed by atoms with Crippen LogP contribution < -0.4 is 0 Å². The van der Waals surface area contributed by atoms with Gasteiger partial charge in [-0.2, -0.15) is 0 Å². The first-order valence-electron chi connectivity index (χ1n) is 8.99. The monoisotopic (exact) mass is 368 g/mol. The van der Waals surface area contributed by atoms with E-state index in [-0.39, 0.29) is 0 Å². The summed E-state index contributed by atoms with van der Waals surface area (Å²) in [5.74, 6) is -0.659. The maximum atomic E-state index is 10.2. The van der Waals surface area contributed by atoms with Gasteiger partial charge in [0, 0.05) is 18.6 Å². The number of carboxylic acids is 1. The Hall–Kier alpha value is -2.51. The summed E-state index contributed by atoms with van der Waals surface area (Å²) in [4.78, 5) is 29.1. The summed E-state index contributed by atoms with van der Waals surface area (Å²) in [6.07, 6.45) is 11.5. The first-order chi connectivity index (χ1) is 12.4. The molecule has 0 saturated carbocycles. The molecule has 0 aliphatic carbocycles. The van der Waals surface area contributed by atoms with Crippen LogP contribution in [0.2, 0.25) is 0 Å². The van der Waals surface area contributed by atoms with Crippen molar-refractivity contribution in [2.75, 3.05) is 0 Å². The molecule has 0 amide bonds. The predicted molar refractivity (Wildman–Crippen MR) is 99.2 cm³/mol. The van der Waals surface area contributed by atoms with Crippen molar-refractivity contribution in [3.63, 3.8) is 0 Å². The molecule has 146 valence electrons. The molecule has 0 aliphatic heterocycles. The Balaban J connectivity index is 0.000000485. The van der Waals surface area contributed by atoms with Gasteiger partial charge in [0.2, 0.25) is 0 Å². The molecule has 1 aromatic rings. The molecule has 0 radical (unpaired) electrons. The van der Waals surface area contributed by atoms with Crippen LogP contribution in [0.25, 0.3) is 0 Å². The van der Waals surface area contributed by atoms with Gasteiger partial charge < -0.3 is 5.11 Å². The Morgan fingerprint density at radius 1 is 0.846 bits per heavy atom. The van der Waals surface area contributed by atoms with Crippen LogP contribution in [-0.2, 0) is 4.79 Å². The third kappa shape index (κ3) is 11.9. The van der Waals surface area contributed by atoms with Crippen molar-refractivity contribution >= 4 is 17.3 Å². The third-order valence-electron chi connectivity index (χ3n) is 3.77. The van der Waals surface area contributed by atoms with Gasteiger partial charge >= 0.3 is 17.3 Å². The largest absolute Gasteiger partial charge is 0.481 e. The highest BCUT2D eigenvalue weighted by Crippen LogP contribution is 2.24. The summed E-state index contributed by atoms with van der Waals surface area (Å²) in [5, 5.41) is 28.9. The number of nitrogens with zero attached hydrogens (tertiary/aromatic N) is 2. The van der Waals surface area contributed by atoms with Crippen molar-refractivity contribution in [2.24, 2.45) is 0 Å². The molecule has 0 atom stereocenters. The van der Waals surface area contributed by atoms with Gasteiger partial charge in [0.15, 0.2) is 0 Å². The fraction of sp³-hybridized carbons (Fsp3) is 0.611. The summed E-state index contributed by atoms with van der Waals surface area (Å²) >= 11 is 0. The number of hydrogen-bond donors (Lipinski definition) is 1. The van der Waals surface area contributed by atoms with Crippen LogP contribution in [0, 0.1) is 20.2 Å². The van der Waals surface area contributed by atoms with E-state index < -0.39 is 27.2 Å². The maximum Gasteiger partial charge on any atom is 0.346 e. The number of rotatable bonds is 12. The van der Waals surface area contributed by atoms with Crippen LogP contribution in [0.5, 0.6) is 0 Å². The van der Waals surface area contributed by atoms with E-state index in [0.717, 1.165) is 25.0 Å². The van der Waals surface area contributed by atoms with Gasteiger partial charge in [-0.3, -0.25) is 25.0 Å². The molecular weight excluding hydrogens is 340 g/mol. The molecule has 0 fully saturated rings. The van der Waals surface area contributed by atoms with E-state index in [9.17, 15) is 25.0 Å². The molecule has 26 heavy (non-hydrogen) atoms. The number of benzene rings is 1. The van der Waals surface area contributed by atoms with Crippen molar-refractivity contribution in [3.8, 4) is 0 Å². The van der Waals surface area contributed by atoms with Crippen LogP contribution >= 0.6 is 0 Å². The Morgan fingerprint density at radius 3 is 1.58 bits per heavy atom. The lowest BCUT2D eigenvalue weighted by Gasteiger charge is -2.00. The van der Waals surface area contributed by atoms with Crippen molar-refractivity contribution in [1.82, 2.24) is 0 Å². The number of nitro groups is 2. The number of carboxylic acid groups (broad SMARTS) is 1. The molecule has 0 spiro atoms. The van der Waals surface area contributed by atoms with E-state index in [1.54, 1.807) is 0 Å². The van der Waals surface area contributed by atoms with Gasteiger partial charge in [-0.05, 0) is 6.42 Å². The zero-order valence-electron chi connectivity index (χ0n) is 15.3. The second-order valence-corrected chi connectivity index (χ2v) is 5.98. The minimum atomic E-state index is -0.780. The zero-order chi connectivity index (χ0) is 19.8. The van der Waals surface area contributed by atoms with Crippen molar-refractivity contribution < 1.29 is 19.7 Å². The van der Waals surface area contributed by atoms with Gasteiger partial charge in [0.05, 0.1) is 9.85 Å². The molecule has 0 aliphatic rings. The first-order valence-corrected chi connectivity index (χ1v) is 8.99. The minimum absolute atomic E-state index is 0.343. The molecule has 0 bridgehead atoms. The quantitative estimate of drug-likeness (QED) is 0.295. The Kier molecular flexibility index (Phi) is 13.4. The Bertz CT molecular complexity index is 529. The first kappa shape index (κ1) is 23.5. The van der Waals surface area contributed by atoms with Crippen LogP contribution in [0.4, 0.5) is 11.4 Å². The molecule has 0 unspecified atom stereocenters. The standard InChI is InChI=1S/C12H24O2.C6H4N2O4/c1-2-3-4-5-6-7-8-9-10-11-12(13)14;9-7(10)5-3-1-2-4-6(5)8(11)12/h2-11H2,1H3,(H,13,14);1-4H. The fourth-order valence-electron chi connectivity index (χ4n) is 2.36. The number of hydrogen-bond acceptors (Lipinski definition) is 5. The van der Waals surface area contributed by atoms with Gasteiger partial charge in [-0.1, -0.05) is 70.4 Å². The number of unbranched alkanes of at least 4 members (excludes halogenated alkanes) is 8. The molecule has 1 aromatic carbocycles. The average Bonchev–Trinajstić information content (AvgIpc) is 2.60. The van der Waals surface area contributed by atoms with E-state index in [2.05, 4.69) is 6.92 Å². The summed E-state index contributed by atoms with van der Waals surface area (Å²) < 4.78 is 0. The topological polar surface area (TPSA) is 124 Å². The summed E-state index contributed by atoms with van der Waals surface area (Å²) in [7, 11) is 0. The smallest absolute Gasteiger partial charge is 0.346 e. The van der Waals surface area contributed by atoms with Crippen LogP contribution in [0.15, 0.2) is 24.3 Å². The second-order valence-electron chi connectivity index (χ2n) is 5.98. The molecule has 0 aromatic heterocycles. The minimum Gasteiger partial charge on any atom is -0.481 e. The number of para-hydroxylation sites is 2. The molecule has 8 nitrogen and oxygen atoms in total. The zero-order valence-corrected chi connectivity index (χ0v) is 15.3. The van der Waals surface area contributed by atoms with E-state index in [0.29, 0.717) is 6.42 Å². The SMILES string of the molecule is CCCCCCCCCCCC(=O)O.O=[N+]([O-])c1ccccc1[N+](=O)[O-]. The van der Waals surface area contributed by atoms with E-state index in [4.69, 9.17) is 5.11 Å². The fourth-order valence-corrected chi connectivity index (χ4v) is 2.36. The molecule has 8 heteroatoms. The Morgan fingerprint density at radius 2 is 1.23 bits per heavy atom. The van der Waals surface area contributed by atoms with E-state index in [1.807, 2.05) is 0 Å². The average molecular weight is 368 g/mol. The summed E-state index contributed by atoms with van der Waals surface area (Å²) in [6, 6.07) is 4.95. The van der Waals surface area contributed by atoms with Crippen molar-refractivity contribution in [3.05, 3.63) is 44.5 Å². The van der Waals surface area contributed by atoms with Crippen molar-refractivity contribution in [1.29, 1.82) is 0 Å². The van der Waals surface area contributed by atoms with Crippen molar-refractivity contribution in [2.45, 2.75) is 71.1 Å². The lowest BCUT2D eigenvalue weighted by atomic mass is 10.1. The predicted octanol–water partition coefficient (Wildman–Crippen LogP) is 5.49. The van der Waals surface area contributed by atoms with E-state index >= 15 is 0 Å². The van der Waals surface area contributed by atoms with Gasteiger partial charge in [-0.25, -0.2) is 0 Å². The van der Waals surface area contributed by atoms with Crippen LogP contribution in [0.1, 0.15) is 71.1 Å². The number of nitro benzene ring substituents is 2. The van der Waals surface area contributed by atoms with Crippen LogP contribution in [-0.4, -0.2) is 20.9 Å². The Labute approximate surface area is 153 Å². The molecule has 1 N–H and O–H groups in total.